The third-order valence-electron chi connectivity index (χ3n) is 4.29. The Balaban J connectivity index is 1.85. The minimum Gasteiger partial charge on any atom is -0.377 e. The maximum absolute atomic E-state index is 13.0. The predicted octanol–water partition coefficient (Wildman–Crippen LogP) is 4.37. The van der Waals surface area contributed by atoms with Crippen LogP contribution < -0.4 is 4.72 Å². The highest BCUT2D eigenvalue weighted by Crippen LogP contribution is 2.27. The molecule has 3 rings (SSSR count). The summed E-state index contributed by atoms with van der Waals surface area (Å²) >= 11 is 0. The second-order valence-electron chi connectivity index (χ2n) is 6.09. The van der Waals surface area contributed by atoms with Crippen molar-refractivity contribution in [2.45, 2.75) is 25.0 Å². The standard InChI is InChI=1S/C22H23NO3S/c1-2-26-17-20-13-7-6-12-19(20)16-23-27(24,25)22-15-9-8-14-21(22)18-10-4-3-5-11-18/h3-15,23H,2,16-17H2,1H3. The molecule has 1 N–H and O–H groups in total. The van der Waals surface area contributed by atoms with Crippen molar-refractivity contribution in [2.75, 3.05) is 6.61 Å². The van der Waals surface area contributed by atoms with E-state index >= 15 is 0 Å². The fourth-order valence-corrected chi connectivity index (χ4v) is 4.12. The fourth-order valence-electron chi connectivity index (χ4n) is 2.89. The first-order valence-corrected chi connectivity index (χ1v) is 10.4. The van der Waals surface area contributed by atoms with E-state index in [1.165, 1.54) is 0 Å². The molecule has 0 fully saturated rings. The molecule has 0 radical (unpaired) electrons. The molecule has 3 aromatic carbocycles. The van der Waals surface area contributed by atoms with Crippen molar-refractivity contribution in [1.82, 2.24) is 4.72 Å². The first kappa shape index (κ1) is 19.3. The molecule has 0 aliphatic rings. The highest BCUT2D eigenvalue weighted by Gasteiger charge is 2.19. The van der Waals surface area contributed by atoms with E-state index in [1.807, 2.05) is 73.7 Å². The van der Waals surface area contributed by atoms with Crippen molar-refractivity contribution in [1.29, 1.82) is 0 Å². The third-order valence-corrected chi connectivity index (χ3v) is 5.75. The van der Waals surface area contributed by atoms with Gasteiger partial charge in [-0.05, 0) is 29.7 Å². The Labute approximate surface area is 160 Å². The van der Waals surface area contributed by atoms with Crippen molar-refractivity contribution in [3.63, 3.8) is 0 Å². The van der Waals surface area contributed by atoms with Gasteiger partial charge >= 0.3 is 0 Å². The van der Waals surface area contributed by atoms with E-state index in [9.17, 15) is 8.42 Å². The summed E-state index contributed by atoms with van der Waals surface area (Å²) in [5.74, 6) is 0. The van der Waals surface area contributed by atoms with Crippen LogP contribution in [0.5, 0.6) is 0 Å². The van der Waals surface area contributed by atoms with E-state index < -0.39 is 10.0 Å². The summed E-state index contributed by atoms with van der Waals surface area (Å²) in [7, 11) is -3.67. The molecule has 0 heterocycles. The minimum absolute atomic E-state index is 0.217. The lowest BCUT2D eigenvalue weighted by molar-refractivity contribution is 0.133. The molecule has 27 heavy (non-hydrogen) atoms. The molecule has 0 bridgehead atoms. The molecule has 0 atom stereocenters. The predicted molar refractivity (Wildman–Crippen MR) is 108 cm³/mol. The molecule has 0 aliphatic heterocycles. The van der Waals surface area contributed by atoms with Crippen molar-refractivity contribution in [3.8, 4) is 11.1 Å². The van der Waals surface area contributed by atoms with Gasteiger partial charge in [0.2, 0.25) is 10.0 Å². The normalized spacial score (nSPS) is 11.4. The largest absolute Gasteiger partial charge is 0.377 e. The molecule has 0 saturated heterocycles. The zero-order valence-electron chi connectivity index (χ0n) is 15.3. The van der Waals surface area contributed by atoms with E-state index in [4.69, 9.17) is 4.74 Å². The Bertz CT molecular complexity index is 985. The average molecular weight is 381 g/mol. The van der Waals surface area contributed by atoms with Crippen LogP contribution in [0.15, 0.2) is 83.8 Å². The lowest BCUT2D eigenvalue weighted by atomic mass is 10.1. The van der Waals surface area contributed by atoms with Gasteiger partial charge in [0.05, 0.1) is 11.5 Å². The molecule has 3 aromatic rings. The maximum atomic E-state index is 13.0. The number of rotatable bonds is 8. The summed E-state index contributed by atoms with van der Waals surface area (Å²) in [6.07, 6.45) is 0. The summed E-state index contributed by atoms with van der Waals surface area (Å²) < 4.78 is 34.2. The number of ether oxygens (including phenoxy) is 1. The van der Waals surface area contributed by atoms with Gasteiger partial charge in [-0.25, -0.2) is 13.1 Å². The third kappa shape index (κ3) is 4.83. The van der Waals surface area contributed by atoms with E-state index in [1.54, 1.807) is 12.1 Å². The second kappa shape index (κ2) is 8.95. The van der Waals surface area contributed by atoms with Crippen LogP contribution in [0, 0.1) is 0 Å². The van der Waals surface area contributed by atoms with Gasteiger partial charge in [0, 0.05) is 18.7 Å². The Kier molecular flexibility index (Phi) is 6.40. The maximum Gasteiger partial charge on any atom is 0.241 e. The van der Waals surface area contributed by atoms with Crippen LogP contribution in [0.3, 0.4) is 0 Å². The second-order valence-corrected chi connectivity index (χ2v) is 7.83. The summed E-state index contributed by atoms with van der Waals surface area (Å²) in [5, 5.41) is 0. The number of benzene rings is 3. The monoisotopic (exact) mass is 381 g/mol. The quantitative estimate of drug-likeness (QED) is 0.630. The zero-order valence-corrected chi connectivity index (χ0v) is 16.1. The topological polar surface area (TPSA) is 55.4 Å². The van der Waals surface area contributed by atoms with Gasteiger partial charge in [-0.15, -0.1) is 0 Å². The van der Waals surface area contributed by atoms with Crippen LogP contribution >= 0.6 is 0 Å². The zero-order chi connectivity index (χ0) is 19.1. The van der Waals surface area contributed by atoms with E-state index in [0.717, 1.165) is 16.7 Å². The van der Waals surface area contributed by atoms with Crippen LogP contribution in [0.4, 0.5) is 0 Å². The van der Waals surface area contributed by atoms with Crippen LogP contribution in [0.2, 0.25) is 0 Å². The van der Waals surface area contributed by atoms with Gasteiger partial charge < -0.3 is 4.74 Å². The molecule has 140 valence electrons. The van der Waals surface area contributed by atoms with Gasteiger partial charge in [0.15, 0.2) is 0 Å². The fraction of sp³-hybridized carbons (Fsp3) is 0.182. The SMILES string of the molecule is CCOCc1ccccc1CNS(=O)(=O)c1ccccc1-c1ccccc1. The lowest BCUT2D eigenvalue weighted by Crippen LogP contribution is -2.24. The van der Waals surface area contributed by atoms with Crippen molar-refractivity contribution < 1.29 is 13.2 Å². The Morgan fingerprint density at radius 1 is 0.815 bits per heavy atom. The summed E-state index contributed by atoms with van der Waals surface area (Å²) in [4.78, 5) is 0.276. The Hall–Kier alpha value is -2.47. The molecule has 0 aromatic heterocycles. The van der Waals surface area contributed by atoms with E-state index in [-0.39, 0.29) is 11.4 Å². The molecule has 5 heteroatoms. The molecule has 0 amide bonds. The highest BCUT2D eigenvalue weighted by molar-refractivity contribution is 7.89. The smallest absolute Gasteiger partial charge is 0.241 e. The van der Waals surface area contributed by atoms with Gasteiger partial charge in [0.25, 0.3) is 0 Å². The van der Waals surface area contributed by atoms with Crippen molar-refractivity contribution in [3.05, 3.63) is 90.0 Å². The minimum atomic E-state index is -3.67. The first-order chi connectivity index (χ1) is 13.1. The van der Waals surface area contributed by atoms with Crippen LogP contribution in [0.25, 0.3) is 11.1 Å². The molecule has 0 aliphatic carbocycles. The van der Waals surface area contributed by atoms with E-state index in [2.05, 4.69) is 4.72 Å². The Morgan fingerprint density at radius 2 is 1.44 bits per heavy atom. The molecule has 0 saturated carbocycles. The summed E-state index contributed by atoms with van der Waals surface area (Å²) in [6.45, 7) is 3.24. The molecular formula is C22H23NO3S. The average Bonchev–Trinajstić information content (AvgIpc) is 2.72. The molecule has 0 spiro atoms. The number of hydrogen-bond acceptors (Lipinski definition) is 3. The van der Waals surface area contributed by atoms with Crippen molar-refractivity contribution >= 4 is 10.0 Å². The summed E-state index contributed by atoms with van der Waals surface area (Å²) in [5.41, 5.74) is 3.45. The number of hydrogen-bond donors (Lipinski definition) is 1. The van der Waals surface area contributed by atoms with Crippen LogP contribution in [-0.2, 0) is 27.9 Å². The molecular weight excluding hydrogens is 358 g/mol. The van der Waals surface area contributed by atoms with Crippen molar-refractivity contribution in [2.24, 2.45) is 0 Å². The molecule has 4 nitrogen and oxygen atoms in total. The number of sulfonamides is 1. The molecule has 0 unspecified atom stereocenters. The van der Waals surface area contributed by atoms with E-state index in [0.29, 0.717) is 18.8 Å². The first-order valence-electron chi connectivity index (χ1n) is 8.90. The van der Waals surface area contributed by atoms with Crippen LogP contribution in [0.1, 0.15) is 18.1 Å². The Morgan fingerprint density at radius 3 is 2.19 bits per heavy atom. The number of nitrogens with one attached hydrogen (secondary N) is 1. The van der Waals surface area contributed by atoms with Gasteiger partial charge in [-0.1, -0.05) is 72.8 Å². The van der Waals surface area contributed by atoms with Crippen LogP contribution in [-0.4, -0.2) is 15.0 Å². The van der Waals surface area contributed by atoms with Gasteiger partial charge in [-0.3, -0.25) is 0 Å². The lowest BCUT2D eigenvalue weighted by Gasteiger charge is -2.14. The van der Waals surface area contributed by atoms with Gasteiger partial charge in [-0.2, -0.15) is 0 Å². The summed E-state index contributed by atoms with van der Waals surface area (Å²) in [6, 6.07) is 24.3. The highest BCUT2D eigenvalue weighted by atomic mass is 32.2. The van der Waals surface area contributed by atoms with Gasteiger partial charge in [0.1, 0.15) is 0 Å².